The first-order chi connectivity index (χ1) is 12.7. The van der Waals surface area contributed by atoms with E-state index in [1.165, 1.54) is 21.8 Å². The Morgan fingerprint density at radius 2 is 1.56 bits per heavy atom. The molecule has 1 heterocycles. The summed E-state index contributed by atoms with van der Waals surface area (Å²) in [6.45, 7) is 3.08. The van der Waals surface area contributed by atoms with Gasteiger partial charge in [-0.25, -0.2) is 0 Å². The number of hydrogen-bond donors (Lipinski definition) is 2. The largest absolute Gasteiger partial charge is 0.391 e. The molecule has 0 spiro atoms. The third-order valence-corrected chi connectivity index (χ3v) is 5.20. The van der Waals surface area contributed by atoms with Gasteiger partial charge in [0, 0.05) is 34.8 Å². The molecule has 0 radical (unpaired) electrons. The van der Waals surface area contributed by atoms with Crippen LogP contribution in [0.15, 0.2) is 72.8 Å². The summed E-state index contributed by atoms with van der Waals surface area (Å²) < 4.78 is 2.32. The molecule has 1 aromatic heterocycles. The number of aliphatic hydroxyl groups is 1. The van der Waals surface area contributed by atoms with Gasteiger partial charge in [0.1, 0.15) is 0 Å². The lowest BCUT2D eigenvalue weighted by Gasteiger charge is -2.19. The SMILES string of the molecule is CCn1c2ccccc2c2cc([C@H](N)[C@H](O)Cc3ccccc3)ccc21.Cl. The van der Waals surface area contributed by atoms with E-state index in [9.17, 15) is 5.11 Å². The van der Waals surface area contributed by atoms with Crippen LogP contribution >= 0.6 is 12.4 Å². The Labute approximate surface area is 165 Å². The van der Waals surface area contributed by atoms with E-state index in [1.54, 1.807) is 0 Å². The molecule has 0 saturated heterocycles. The Bertz CT molecular complexity index is 1040. The van der Waals surface area contributed by atoms with Crippen LogP contribution in [0.5, 0.6) is 0 Å². The van der Waals surface area contributed by atoms with Gasteiger partial charge in [-0.05, 0) is 36.2 Å². The molecule has 0 unspecified atom stereocenters. The predicted octanol–water partition coefficient (Wildman–Crippen LogP) is 4.84. The highest BCUT2D eigenvalue weighted by molar-refractivity contribution is 6.08. The number of benzene rings is 3. The van der Waals surface area contributed by atoms with Crippen molar-refractivity contribution in [3.63, 3.8) is 0 Å². The molecule has 2 atom stereocenters. The lowest BCUT2D eigenvalue weighted by Crippen LogP contribution is -2.28. The van der Waals surface area contributed by atoms with Crippen molar-refractivity contribution in [2.75, 3.05) is 0 Å². The maximum Gasteiger partial charge on any atom is 0.0773 e. The first kappa shape index (κ1) is 19.4. The van der Waals surface area contributed by atoms with E-state index < -0.39 is 12.1 Å². The standard InChI is InChI=1S/C23H24N2O.ClH/c1-2-25-20-11-7-6-10-18(20)19-15-17(12-13-21(19)25)23(24)22(26)14-16-8-4-3-5-9-16;/h3-13,15,22-23,26H,2,14,24H2,1H3;1H/t22-,23+;/m1./s1. The lowest BCUT2D eigenvalue weighted by atomic mass is 9.95. The molecule has 27 heavy (non-hydrogen) atoms. The zero-order chi connectivity index (χ0) is 18.1. The molecule has 3 N–H and O–H groups in total. The van der Waals surface area contributed by atoms with Crippen LogP contribution in [-0.2, 0) is 13.0 Å². The molecule has 0 aliphatic carbocycles. The van der Waals surface area contributed by atoms with Gasteiger partial charge in [-0.1, -0.05) is 54.6 Å². The Balaban J connectivity index is 0.00000210. The van der Waals surface area contributed by atoms with Crippen LogP contribution in [-0.4, -0.2) is 15.8 Å². The lowest BCUT2D eigenvalue weighted by molar-refractivity contribution is 0.145. The smallest absolute Gasteiger partial charge is 0.0773 e. The minimum absolute atomic E-state index is 0. The summed E-state index contributed by atoms with van der Waals surface area (Å²) in [6, 6.07) is 24.3. The number of hydrogen-bond acceptors (Lipinski definition) is 2. The minimum Gasteiger partial charge on any atom is -0.391 e. The number of rotatable bonds is 5. The molecular weight excluding hydrogens is 356 g/mol. The van der Waals surface area contributed by atoms with Crippen molar-refractivity contribution >= 4 is 34.2 Å². The first-order valence-corrected chi connectivity index (χ1v) is 9.17. The normalized spacial score (nSPS) is 13.4. The number of halogens is 1. The first-order valence-electron chi connectivity index (χ1n) is 9.17. The van der Waals surface area contributed by atoms with Crippen molar-refractivity contribution in [3.8, 4) is 0 Å². The van der Waals surface area contributed by atoms with Crippen LogP contribution in [0, 0.1) is 0 Å². The maximum absolute atomic E-state index is 10.6. The number of aryl methyl sites for hydroxylation is 1. The number of nitrogens with zero attached hydrogens (tertiary/aromatic N) is 1. The number of aromatic nitrogens is 1. The van der Waals surface area contributed by atoms with Gasteiger partial charge in [0.2, 0.25) is 0 Å². The summed E-state index contributed by atoms with van der Waals surface area (Å²) in [4.78, 5) is 0. The fourth-order valence-corrected chi connectivity index (χ4v) is 3.82. The number of aliphatic hydroxyl groups excluding tert-OH is 1. The molecule has 0 fully saturated rings. The summed E-state index contributed by atoms with van der Waals surface area (Å²) >= 11 is 0. The summed E-state index contributed by atoms with van der Waals surface area (Å²) in [5.41, 5.74) is 10.9. The van der Waals surface area contributed by atoms with Crippen LogP contribution in [0.25, 0.3) is 21.8 Å². The second-order valence-corrected chi connectivity index (χ2v) is 6.82. The number of fused-ring (bicyclic) bond motifs is 3. The Morgan fingerprint density at radius 1 is 0.889 bits per heavy atom. The van der Waals surface area contributed by atoms with Crippen molar-refractivity contribution in [1.29, 1.82) is 0 Å². The summed E-state index contributed by atoms with van der Waals surface area (Å²) in [7, 11) is 0. The van der Waals surface area contributed by atoms with Gasteiger partial charge in [0.15, 0.2) is 0 Å². The molecule has 4 aromatic rings. The highest BCUT2D eigenvalue weighted by atomic mass is 35.5. The van der Waals surface area contributed by atoms with E-state index in [-0.39, 0.29) is 12.4 Å². The Morgan fingerprint density at radius 3 is 2.30 bits per heavy atom. The molecule has 4 rings (SSSR count). The third kappa shape index (κ3) is 3.59. The topological polar surface area (TPSA) is 51.2 Å². The fourth-order valence-electron chi connectivity index (χ4n) is 3.82. The van der Waals surface area contributed by atoms with Gasteiger partial charge >= 0.3 is 0 Å². The number of nitrogens with two attached hydrogens (primary N) is 1. The van der Waals surface area contributed by atoms with Gasteiger partial charge in [0.05, 0.1) is 12.1 Å². The average Bonchev–Trinajstić information content (AvgIpc) is 3.01. The molecule has 3 aromatic carbocycles. The van der Waals surface area contributed by atoms with E-state index in [0.29, 0.717) is 6.42 Å². The van der Waals surface area contributed by atoms with E-state index >= 15 is 0 Å². The van der Waals surface area contributed by atoms with Crippen LogP contribution in [0.3, 0.4) is 0 Å². The van der Waals surface area contributed by atoms with Crippen molar-refractivity contribution in [3.05, 3.63) is 83.9 Å². The van der Waals surface area contributed by atoms with Gasteiger partial charge < -0.3 is 15.4 Å². The van der Waals surface area contributed by atoms with Crippen molar-refractivity contribution in [2.45, 2.75) is 32.0 Å². The molecule has 0 aliphatic heterocycles. The quantitative estimate of drug-likeness (QED) is 0.520. The van der Waals surface area contributed by atoms with Crippen LogP contribution < -0.4 is 5.73 Å². The Kier molecular flexibility index (Phi) is 5.85. The summed E-state index contributed by atoms with van der Waals surface area (Å²) in [5, 5.41) is 13.1. The highest BCUT2D eigenvalue weighted by Crippen LogP contribution is 2.31. The second kappa shape index (κ2) is 8.13. The van der Waals surface area contributed by atoms with Gasteiger partial charge in [-0.3, -0.25) is 0 Å². The Hall–Kier alpha value is -2.33. The monoisotopic (exact) mass is 380 g/mol. The molecule has 140 valence electrons. The second-order valence-electron chi connectivity index (χ2n) is 6.82. The molecule has 0 aliphatic rings. The molecule has 0 bridgehead atoms. The summed E-state index contributed by atoms with van der Waals surface area (Å²) in [6.07, 6.45) is -0.0640. The maximum atomic E-state index is 10.6. The highest BCUT2D eigenvalue weighted by Gasteiger charge is 2.19. The van der Waals surface area contributed by atoms with Crippen LogP contribution in [0.2, 0.25) is 0 Å². The van der Waals surface area contributed by atoms with E-state index in [0.717, 1.165) is 17.7 Å². The van der Waals surface area contributed by atoms with E-state index in [1.807, 2.05) is 36.4 Å². The summed E-state index contributed by atoms with van der Waals surface area (Å²) in [5.74, 6) is 0. The zero-order valence-electron chi connectivity index (χ0n) is 15.4. The molecular formula is C23H25ClN2O. The van der Waals surface area contributed by atoms with E-state index in [2.05, 4.69) is 47.9 Å². The molecule has 0 saturated carbocycles. The molecule has 3 nitrogen and oxygen atoms in total. The average molecular weight is 381 g/mol. The fraction of sp³-hybridized carbons (Fsp3) is 0.217. The van der Waals surface area contributed by atoms with Gasteiger partial charge in [-0.15, -0.1) is 12.4 Å². The third-order valence-electron chi connectivity index (χ3n) is 5.20. The van der Waals surface area contributed by atoms with Gasteiger partial charge in [-0.2, -0.15) is 0 Å². The predicted molar refractivity (Wildman–Crippen MR) is 115 cm³/mol. The zero-order valence-corrected chi connectivity index (χ0v) is 16.2. The van der Waals surface area contributed by atoms with Crippen molar-refractivity contribution in [2.24, 2.45) is 5.73 Å². The molecule has 0 amide bonds. The van der Waals surface area contributed by atoms with Gasteiger partial charge in [0.25, 0.3) is 0 Å². The van der Waals surface area contributed by atoms with Crippen molar-refractivity contribution < 1.29 is 5.11 Å². The number of para-hydroxylation sites is 1. The van der Waals surface area contributed by atoms with E-state index in [4.69, 9.17) is 5.73 Å². The van der Waals surface area contributed by atoms with Crippen LogP contribution in [0.1, 0.15) is 24.1 Å². The van der Waals surface area contributed by atoms with Crippen molar-refractivity contribution in [1.82, 2.24) is 4.57 Å². The minimum atomic E-state index is -0.616. The van der Waals surface area contributed by atoms with Crippen LogP contribution in [0.4, 0.5) is 0 Å². The molecule has 4 heteroatoms.